The van der Waals surface area contributed by atoms with E-state index >= 15 is 0 Å². The summed E-state index contributed by atoms with van der Waals surface area (Å²) in [6, 6.07) is 2.27. The summed E-state index contributed by atoms with van der Waals surface area (Å²) < 4.78 is 29.8. The zero-order chi connectivity index (χ0) is 15.5. The van der Waals surface area contributed by atoms with Gasteiger partial charge in [0, 0.05) is 37.1 Å². The van der Waals surface area contributed by atoms with E-state index in [2.05, 4.69) is 23.9 Å². The van der Waals surface area contributed by atoms with Gasteiger partial charge >= 0.3 is 0 Å². The molecule has 2 N–H and O–H groups in total. The van der Waals surface area contributed by atoms with Gasteiger partial charge in [-0.1, -0.05) is 26.7 Å². The fraction of sp³-hybridized carbons (Fsp3) is 0.733. The molecular formula is C15H27N3O2S. The highest BCUT2D eigenvalue weighted by molar-refractivity contribution is 7.89. The lowest BCUT2D eigenvalue weighted by molar-refractivity contribution is 0.552. The van der Waals surface area contributed by atoms with Gasteiger partial charge in [0.05, 0.1) is 4.90 Å². The Morgan fingerprint density at radius 3 is 2.57 bits per heavy atom. The van der Waals surface area contributed by atoms with Crippen molar-refractivity contribution in [2.45, 2.75) is 76.5 Å². The first-order valence-electron chi connectivity index (χ1n) is 7.87. The van der Waals surface area contributed by atoms with Crippen molar-refractivity contribution in [1.82, 2.24) is 14.6 Å². The maximum atomic E-state index is 12.5. The molecule has 1 saturated carbocycles. The van der Waals surface area contributed by atoms with Gasteiger partial charge in [-0.15, -0.1) is 0 Å². The molecule has 1 fully saturated rings. The Balaban J connectivity index is 2.14. The molecule has 21 heavy (non-hydrogen) atoms. The Bertz CT molecular complexity index is 557. The van der Waals surface area contributed by atoms with Crippen molar-refractivity contribution in [2.24, 2.45) is 0 Å². The van der Waals surface area contributed by atoms with E-state index in [0.717, 1.165) is 37.9 Å². The Labute approximate surface area is 128 Å². The number of nitrogens with zero attached hydrogens (tertiary/aromatic N) is 1. The van der Waals surface area contributed by atoms with Gasteiger partial charge in [-0.3, -0.25) is 0 Å². The van der Waals surface area contributed by atoms with Gasteiger partial charge < -0.3 is 9.88 Å². The van der Waals surface area contributed by atoms with Gasteiger partial charge in [0.2, 0.25) is 10.0 Å². The van der Waals surface area contributed by atoms with E-state index in [1.807, 2.05) is 11.5 Å². The number of nitrogens with one attached hydrogen (secondary N) is 2. The van der Waals surface area contributed by atoms with Gasteiger partial charge in [0.15, 0.2) is 0 Å². The molecule has 0 aromatic carbocycles. The molecule has 5 nitrogen and oxygen atoms in total. The summed E-state index contributed by atoms with van der Waals surface area (Å²) in [5, 5.41) is 3.34. The van der Waals surface area contributed by atoms with E-state index in [0.29, 0.717) is 17.5 Å². The monoisotopic (exact) mass is 313 g/mol. The smallest absolute Gasteiger partial charge is 0.242 e. The van der Waals surface area contributed by atoms with Crippen molar-refractivity contribution in [3.63, 3.8) is 0 Å². The third kappa shape index (κ3) is 4.31. The number of hydrogen-bond acceptors (Lipinski definition) is 3. The van der Waals surface area contributed by atoms with Crippen LogP contribution in [0.1, 0.15) is 52.1 Å². The van der Waals surface area contributed by atoms with Crippen LogP contribution in [0.2, 0.25) is 0 Å². The molecule has 0 bridgehead atoms. The average molecular weight is 313 g/mol. The van der Waals surface area contributed by atoms with Gasteiger partial charge in [-0.25, -0.2) is 13.1 Å². The largest absolute Gasteiger partial charge is 0.349 e. The summed E-state index contributed by atoms with van der Waals surface area (Å²) in [6.07, 6.45) is 5.89. The van der Waals surface area contributed by atoms with Crippen LogP contribution < -0.4 is 10.0 Å². The number of aryl methyl sites for hydroxylation is 1. The van der Waals surface area contributed by atoms with Crippen LogP contribution >= 0.6 is 0 Å². The first kappa shape index (κ1) is 16.5. The fourth-order valence-corrected chi connectivity index (χ4v) is 4.12. The van der Waals surface area contributed by atoms with Crippen molar-refractivity contribution in [2.75, 3.05) is 0 Å². The van der Waals surface area contributed by atoms with Crippen molar-refractivity contribution in [3.8, 4) is 0 Å². The Morgan fingerprint density at radius 1 is 1.33 bits per heavy atom. The van der Waals surface area contributed by atoms with Gasteiger partial charge in [0.25, 0.3) is 0 Å². The topological polar surface area (TPSA) is 63.1 Å². The number of rotatable bonds is 7. The standard InChI is InChI=1S/C15H27N3O2S/c1-4-18-11-15(9-14(18)10-16-12(2)3)21(19,20)17-13-7-5-6-8-13/h9,11-13,16-17H,4-8,10H2,1-3H3. The lowest BCUT2D eigenvalue weighted by Gasteiger charge is -2.11. The van der Waals surface area contributed by atoms with Crippen LogP contribution in [-0.4, -0.2) is 25.1 Å². The summed E-state index contributed by atoms with van der Waals surface area (Å²) in [7, 11) is -3.39. The number of sulfonamides is 1. The summed E-state index contributed by atoms with van der Waals surface area (Å²) in [4.78, 5) is 0.386. The van der Waals surface area contributed by atoms with Crippen LogP contribution in [0.25, 0.3) is 0 Å². The van der Waals surface area contributed by atoms with E-state index in [1.54, 1.807) is 12.3 Å². The quantitative estimate of drug-likeness (QED) is 0.811. The summed E-state index contributed by atoms with van der Waals surface area (Å²) in [5.41, 5.74) is 1.01. The molecule has 2 rings (SSSR count). The molecule has 0 aliphatic heterocycles. The molecule has 0 radical (unpaired) electrons. The molecule has 1 aliphatic rings. The van der Waals surface area contributed by atoms with Crippen molar-refractivity contribution < 1.29 is 8.42 Å². The van der Waals surface area contributed by atoms with E-state index in [-0.39, 0.29) is 6.04 Å². The molecule has 6 heteroatoms. The molecule has 0 unspecified atom stereocenters. The van der Waals surface area contributed by atoms with E-state index in [4.69, 9.17) is 0 Å². The van der Waals surface area contributed by atoms with E-state index in [9.17, 15) is 8.42 Å². The molecule has 1 aliphatic carbocycles. The van der Waals surface area contributed by atoms with Crippen LogP contribution in [0.3, 0.4) is 0 Å². The van der Waals surface area contributed by atoms with Crippen molar-refractivity contribution in [1.29, 1.82) is 0 Å². The maximum Gasteiger partial charge on any atom is 0.242 e. The Morgan fingerprint density at radius 2 is 2.00 bits per heavy atom. The summed E-state index contributed by atoms with van der Waals surface area (Å²) in [6.45, 7) is 7.65. The molecule has 0 spiro atoms. The van der Waals surface area contributed by atoms with E-state index < -0.39 is 10.0 Å². The van der Waals surface area contributed by atoms with Crippen LogP contribution in [0.15, 0.2) is 17.2 Å². The second kappa shape index (κ2) is 6.94. The molecule has 1 aromatic rings. The third-order valence-corrected chi connectivity index (χ3v) is 5.47. The van der Waals surface area contributed by atoms with Gasteiger partial charge in [-0.05, 0) is 25.8 Å². The van der Waals surface area contributed by atoms with Crippen molar-refractivity contribution >= 4 is 10.0 Å². The lowest BCUT2D eigenvalue weighted by atomic mass is 10.3. The third-order valence-electron chi connectivity index (χ3n) is 3.98. The molecule has 1 aromatic heterocycles. The Hall–Kier alpha value is -0.850. The van der Waals surface area contributed by atoms with Crippen LogP contribution in [0, 0.1) is 0 Å². The van der Waals surface area contributed by atoms with Crippen LogP contribution in [0.4, 0.5) is 0 Å². The first-order valence-corrected chi connectivity index (χ1v) is 9.35. The highest BCUT2D eigenvalue weighted by Gasteiger charge is 2.24. The SMILES string of the molecule is CCn1cc(S(=O)(=O)NC2CCCC2)cc1CNC(C)C. The summed E-state index contributed by atoms with van der Waals surface area (Å²) in [5.74, 6) is 0. The van der Waals surface area contributed by atoms with Gasteiger partial charge in [0.1, 0.15) is 0 Å². The minimum absolute atomic E-state index is 0.109. The molecular weight excluding hydrogens is 286 g/mol. The molecule has 0 atom stereocenters. The van der Waals surface area contributed by atoms with Crippen molar-refractivity contribution in [3.05, 3.63) is 18.0 Å². The maximum absolute atomic E-state index is 12.5. The second-order valence-corrected chi connectivity index (χ2v) is 7.81. The predicted molar refractivity (Wildman–Crippen MR) is 84.7 cm³/mol. The zero-order valence-electron chi connectivity index (χ0n) is 13.2. The molecule has 0 amide bonds. The second-order valence-electron chi connectivity index (χ2n) is 6.09. The molecule has 120 valence electrons. The zero-order valence-corrected chi connectivity index (χ0v) is 14.0. The van der Waals surface area contributed by atoms with E-state index in [1.165, 1.54) is 0 Å². The minimum atomic E-state index is -3.39. The normalized spacial score (nSPS) is 17.0. The predicted octanol–water partition coefficient (Wildman–Crippen LogP) is 2.23. The average Bonchev–Trinajstić information content (AvgIpc) is 3.04. The highest BCUT2D eigenvalue weighted by Crippen LogP contribution is 2.21. The van der Waals surface area contributed by atoms with Gasteiger partial charge in [-0.2, -0.15) is 0 Å². The minimum Gasteiger partial charge on any atom is -0.349 e. The van der Waals surface area contributed by atoms with Crippen LogP contribution in [0.5, 0.6) is 0 Å². The van der Waals surface area contributed by atoms with Crippen LogP contribution in [-0.2, 0) is 23.1 Å². The molecule has 1 heterocycles. The lowest BCUT2D eigenvalue weighted by Crippen LogP contribution is -2.32. The number of aromatic nitrogens is 1. The Kier molecular flexibility index (Phi) is 5.46. The summed E-state index contributed by atoms with van der Waals surface area (Å²) >= 11 is 0. The highest BCUT2D eigenvalue weighted by atomic mass is 32.2. The molecule has 0 saturated heterocycles. The fourth-order valence-electron chi connectivity index (χ4n) is 2.75. The first-order chi connectivity index (χ1) is 9.92. The number of hydrogen-bond donors (Lipinski definition) is 2.